The first kappa shape index (κ1) is 20.2. The molecule has 2 aromatic heterocycles. The third kappa shape index (κ3) is 3.86. The molecule has 1 N–H and O–H groups in total. The molecule has 162 valence electrons. The van der Waals surface area contributed by atoms with E-state index in [1.807, 2.05) is 0 Å². The summed E-state index contributed by atoms with van der Waals surface area (Å²) in [6, 6.07) is 6.51. The maximum Gasteiger partial charge on any atom is 0.435 e. The normalized spacial score (nSPS) is 16.0. The summed E-state index contributed by atoms with van der Waals surface area (Å²) in [5.41, 5.74) is 2.14. The predicted octanol–water partition coefficient (Wildman–Crippen LogP) is 5.36. The summed E-state index contributed by atoms with van der Waals surface area (Å²) in [7, 11) is 0. The van der Waals surface area contributed by atoms with Gasteiger partial charge in [0.1, 0.15) is 0 Å². The van der Waals surface area contributed by atoms with Gasteiger partial charge < -0.3 is 0 Å². The van der Waals surface area contributed by atoms with Gasteiger partial charge in [0.2, 0.25) is 0 Å². The van der Waals surface area contributed by atoms with E-state index < -0.39 is 11.9 Å². The molecule has 31 heavy (non-hydrogen) atoms. The van der Waals surface area contributed by atoms with Crippen LogP contribution in [0, 0.1) is 0 Å². The smallest absolute Gasteiger partial charge is 0.298 e. The van der Waals surface area contributed by atoms with Crippen LogP contribution >= 0.6 is 11.3 Å². The van der Waals surface area contributed by atoms with Gasteiger partial charge in [-0.05, 0) is 75.6 Å². The van der Waals surface area contributed by atoms with E-state index in [0.29, 0.717) is 40.5 Å². The molecule has 1 amide bonds. The van der Waals surface area contributed by atoms with E-state index >= 15 is 0 Å². The van der Waals surface area contributed by atoms with E-state index in [-0.39, 0.29) is 5.91 Å². The van der Waals surface area contributed by atoms with Gasteiger partial charge in [-0.3, -0.25) is 10.1 Å². The van der Waals surface area contributed by atoms with Crippen molar-refractivity contribution in [2.75, 3.05) is 5.32 Å². The fraction of sp³-hybridized carbons (Fsp3) is 0.409. The number of nitrogens with one attached hydrogen (secondary N) is 1. The van der Waals surface area contributed by atoms with Gasteiger partial charge in [0.25, 0.3) is 5.91 Å². The first-order valence-electron chi connectivity index (χ1n) is 10.5. The second-order valence-corrected chi connectivity index (χ2v) is 9.07. The highest BCUT2D eigenvalue weighted by Gasteiger charge is 2.39. The van der Waals surface area contributed by atoms with Crippen molar-refractivity contribution in [2.24, 2.45) is 0 Å². The molecule has 0 saturated heterocycles. The molecule has 0 aliphatic heterocycles. The molecule has 5 rings (SSSR count). The van der Waals surface area contributed by atoms with E-state index in [1.165, 1.54) is 20.9 Å². The molecule has 0 atom stereocenters. The molecule has 3 aromatic rings. The van der Waals surface area contributed by atoms with Gasteiger partial charge >= 0.3 is 6.18 Å². The monoisotopic (exact) mass is 446 g/mol. The number of benzene rings is 1. The Hall–Kier alpha value is -2.68. The van der Waals surface area contributed by atoms with Crippen LogP contribution in [0.25, 0.3) is 5.69 Å². The maximum absolute atomic E-state index is 13.4. The third-order valence-electron chi connectivity index (χ3n) is 5.89. The minimum absolute atomic E-state index is 0.281. The average Bonchev–Trinajstić information content (AvgIpc) is 3.35. The lowest BCUT2D eigenvalue weighted by Gasteiger charge is -2.14. The third-order valence-corrected chi connectivity index (χ3v) is 6.96. The van der Waals surface area contributed by atoms with Crippen molar-refractivity contribution < 1.29 is 18.0 Å². The second kappa shape index (κ2) is 7.78. The number of alkyl halides is 3. The van der Waals surface area contributed by atoms with Crippen molar-refractivity contribution in [2.45, 2.75) is 57.5 Å². The molecule has 0 bridgehead atoms. The minimum atomic E-state index is -4.47. The van der Waals surface area contributed by atoms with E-state index in [4.69, 9.17) is 0 Å². The van der Waals surface area contributed by atoms with Crippen LogP contribution in [-0.4, -0.2) is 20.7 Å². The van der Waals surface area contributed by atoms with Crippen molar-refractivity contribution in [3.8, 4) is 5.69 Å². The number of aromatic nitrogens is 3. The highest BCUT2D eigenvalue weighted by molar-refractivity contribution is 7.15. The summed E-state index contributed by atoms with van der Waals surface area (Å²) in [5.74, 6) is -0.281. The Kier molecular flexibility index (Phi) is 5.08. The molecule has 0 saturated carbocycles. The van der Waals surface area contributed by atoms with E-state index in [9.17, 15) is 18.0 Å². The highest BCUT2D eigenvalue weighted by Crippen LogP contribution is 2.37. The molecule has 5 nitrogen and oxygen atoms in total. The molecular weight excluding hydrogens is 425 g/mol. The molecule has 1 aromatic carbocycles. The summed E-state index contributed by atoms with van der Waals surface area (Å²) in [4.78, 5) is 18.4. The van der Waals surface area contributed by atoms with Crippen LogP contribution in [0.5, 0.6) is 0 Å². The van der Waals surface area contributed by atoms with Crippen LogP contribution in [0.1, 0.15) is 63.6 Å². The molecular formula is C22H21F3N4OS. The Morgan fingerprint density at radius 2 is 1.71 bits per heavy atom. The largest absolute Gasteiger partial charge is 0.435 e. The van der Waals surface area contributed by atoms with Crippen LogP contribution in [0.4, 0.5) is 18.3 Å². The SMILES string of the molecule is O=C(Nc1nc2c(s1)CCCC2)c1ccc(-n2nc(C(F)(F)F)c3c2CCCC3)cc1. The number of hydrogen-bond donors (Lipinski definition) is 1. The molecule has 0 unspecified atom stereocenters. The number of aryl methyl sites for hydroxylation is 2. The predicted molar refractivity (Wildman–Crippen MR) is 112 cm³/mol. The number of carbonyl (C=O) groups is 1. The number of thiazole rings is 1. The van der Waals surface area contributed by atoms with Gasteiger partial charge in [-0.1, -0.05) is 0 Å². The van der Waals surface area contributed by atoms with Crippen LogP contribution in [-0.2, 0) is 31.9 Å². The van der Waals surface area contributed by atoms with E-state index in [2.05, 4.69) is 15.4 Å². The molecule has 2 heterocycles. The number of fused-ring (bicyclic) bond motifs is 2. The summed E-state index contributed by atoms with van der Waals surface area (Å²) in [6.07, 6.45) is 2.29. The number of anilines is 1. The Morgan fingerprint density at radius 3 is 2.45 bits per heavy atom. The number of amides is 1. The van der Waals surface area contributed by atoms with Crippen molar-refractivity contribution in [3.05, 3.63) is 57.4 Å². The first-order chi connectivity index (χ1) is 14.9. The lowest BCUT2D eigenvalue weighted by atomic mass is 9.95. The number of hydrogen-bond acceptors (Lipinski definition) is 4. The highest BCUT2D eigenvalue weighted by atomic mass is 32.1. The molecule has 0 radical (unpaired) electrons. The van der Waals surface area contributed by atoms with Gasteiger partial charge in [-0.2, -0.15) is 18.3 Å². The molecule has 9 heteroatoms. The van der Waals surface area contributed by atoms with Gasteiger partial charge in [-0.15, -0.1) is 11.3 Å². The van der Waals surface area contributed by atoms with Gasteiger partial charge in [0.15, 0.2) is 10.8 Å². The van der Waals surface area contributed by atoms with E-state index in [1.54, 1.807) is 24.3 Å². The molecule has 0 fully saturated rings. The zero-order chi connectivity index (χ0) is 21.6. The van der Waals surface area contributed by atoms with Gasteiger partial charge in [0.05, 0.1) is 11.4 Å². The summed E-state index contributed by atoms with van der Waals surface area (Å²) >= 11 is 1.52. The Labute approximate surface area is 181 Å². The fourth-order valence-corrected chi connectivity index (χ4v) is 5.41. The quantitative estimate of drug-likeness (QED) is 0.589. The lowest BCUT2D eigenvalue weighted by Crippen LogP contribution is -2.12. The van der Waals surface area contributed by atoms with E-state index in [0.717, 1.165) is 44.2 Å². The average molecular weight is 446 g/mol. The number of rotatable bonds is 3. The molecule has 2 aliphatic rings. The summed E-state index contributed by atoms with van der Waals surface area (Å²) < 4.78 is 41.7. The fourth-order valence-electron chi connectivity index (χ4n) is 4.37. The molecule has 0 spiro atoms. The Bertz CT molecular complexity index is 1110. The number of halogens is 3. The second-order valence-electron chi connectivity index (χ2n) is 7.99. The van der Waals surface area contributed by atoms with Crippen LogP contribution in [0.15, 0.2) is 24.3 Å². The summed E-state index contributed by atoms with van der Waals surface area (Å²) in [6.45, 7) is 0. The van der Waals surface area contributed by atoms with Crippen LogP contribution in [0.2, 0.25) is 0 Å². The first-order valence-corrected chi connectivity index (χ1v) is 11.3. The van der Waals surface area contributed by atoms with Crippen LogP contribution < -0.4 is 5.32 Å². The zero-order valence-electron chi connectivity index (χ0n) is 16.8. The standard InChI is InChI=1S/C22H21F3N4OS/c23-22(24,25)19-15-5-1-3-7-17(15)29(28-19)14-11-9-13(10-12-14)20(30)27-21-26-16-6-2-4-8-18(16)31-21/h9-12H,1-8H2,(H,26,27,30). The van der Waals surface area contributed by atoms with Crippen LogP contribution in [0.3, 0.4) is 0 Å². The number of nitrogens with zero attached hydrogens (tertiary/aromatic N) is 3. The molecule has 2 aliphatic carbocycles. The Morgan fingerprint density at radius 1 is 1.00 bits per heavy atom. The van der Waals surface area contributed by atoms with Gasteiger partial charge in [0, 0.05) is 21.7 Å². The van der Waals surface area contributed by atoms with Crippen molar-refractivity contribution in [1.29, 1.82) is 0 Å². The maximum atomic E-state index is 13.4. The summed E-state index contributed by atoms with van der Waals surface area (Å²) in [5, 5.41) is 7.34. The topological polar surface area (TPSA) is 59.8 Å². The van der Waals surface area contributed by atoms with Gasteiger partial charge in [-0.25, -0.2) is 9.67 Å². The lowest BCUT2D eigenvalue weighted by molar-refractivity contribution is -0.142. The van der Waals surface area contributed by atoms with Crippen molar-refractivity contribution in [1.82, 2.24) is 14.8 Å². The van der Waals surface area contributed by atoms with Crippen molar-refractivity contribution in [3.63, 3.8) is 0 Å². The van der Waals surface area contributed by atoms with Crippen molar-refractivity contribution >= 4 is 22.4 Å². The minimum Gasteiger partial charge on any atom is -0.298 e. The number of carbonyl (C=O) groups excluding carboxylic acids is 1. The zero-order valence-corrected chi connectivity index (χ0v) is 17.6. The Balaban J connectivity index is 1.38.